The Morgan fingerprint density at radius 2 is 2.06 bits per heavy atom. The van der Waals surface area contributed by atoms with Gasteiger partial charge in [-0.25, -0.2) is 0 Å². The van der Waals surface area contributed by atoms with Gasteiger partial charge in [-0.1, -0.05) is 18.2 Å². The second-order valence-corrected chi connectivity index (χ2v) is 3.68. The highest BCUT2D eigenvalue weighted by molar-refractivity contribution is 5.93. The average Bonchev–Trinajstić information content (AvgIpc) is 2.84. The average molecular weight is 229 g/mol. The predicted molar refractivity (Wildman–Crippen MR) is 66.7 cm³/mol. The number of amides is 1. The lowest BCUT2D eigenvalue weighted by Crippen LogP contribution is -2.33. The Morgan fingerprint density at radius 1 is 1.29 bits per heavy atom. The summed E-state index contributed by atoms with van der Waals surface area (Å²) in [4.78, 5) is 13.9. The molecule has 0 aliphatic heterocycles. The first-order chi connectivity index (χ1) is 8.31. The lowest BCUT2D eigenvalue weighted by Gasteiger charge is -2.20. The van der Waals surface area contributed by atoms with E-state index in [1.807, 2.05) is 43.3 Å². The van der Waals surface area contributed by atoms with Crippen LogP contribution in [0, 0.1) is 0 Å². The van der Waals surface area contributed by atoms with Gasteiger partial charge in [0, 0.05) is 24.6 Å². The van der Waals surface area contributed by atoms with E-state index in [1.54, 1.807) is 22.0 Å². The van der Waals surface area contributed by atoms with E-state index in [2.05, 4.69) is 5.10 Å². The van der Waals surface area contributed by atoms with Crippen LogP contribution in [0.15, 0.2) is 48.8 Å². The molecule has 0 unspecified atom stereocenters. The van der Waals surface area contributed by atoms with E-state index in [4.69, 9.17) is 0 Å². The zero-order valence-corrected chi connectivity index (χ0v) is 9.78. The Morgan fingerprint density at radius 3 is 2.65 bits per heavy atom. The van der Waals surface area contributed by atoms with E-state index < -0.39 is 0 Å². The number of anilines is 1. The summed E-state index contributed by atoms with van der Waals surface area (Å²) < 4.78 is 1.63. The number of carbonyl (C=O) groups is 1. The van der Waals surface area contributed by atoms with Gasteiger partial charge in [-0.15, -0.1) is 0 Å². The SMILES string of the molecule is CCN(C(=O)Cn1cccn1)c1ccccc1. The zero-order chi connectivity index (χ0) is 12.1. The van der Waals surface area contributed by atoms with Crippen molar-refractivity contribution in [3.8, 4) is 0 Å². The van der Waals surface area contributed by atoms with Crippen molar-refractivity contribution in [1.82, 2.24) is 9.78 Å². The van der Waals surface area contributed by atoms with Gasteiger partial charge in [0.25, 0.3) is 0 Å². The van der Waals surface area contributed by atoms with Crippen LogP contribution in [0.25, 0.3) is 0 Å². The molecular formula is C13H15N3O. The van der Waals surface area contributed by atoms with Gasteiger partial charge in [-0.05, 0) is 25.1 Å². The van der Waals surface area contributed by atoms with E-state index in [-0.39, 0.29) is 12.5 Å². The molecule has 2 aromatic rings. The highest BCUT2D eigenvalue weighted by Gasteiger charge is 2.13. The maximum atomic E-state index is 12.1. The number of likely N-dealkylation sites (N-methyl/N-ethyl adjacent to an activating group) is 1. The zero-order valence-electron chi connectivity index (χ0n) is 9.78. The fourth-order valence-corrected chi connectivity index (χ4v) is 1.73. The van der Waals surface area contributed by atoms with E-state index in [9.17, 15) is 4.79 Å². The summed E-state index contributed by atoms with van der Waals surface area (Å²) in [6, 6.07) is 11.5. The third-order valence-corrected chi connectivity index (χ3v) is 2.54. The van der Waals surface area contributed by atoms with Crippen LogP contribution >= 0.6 is 0 Å². The number of benzene rings is 1. The van der Waals surface area contributed by atoms with Crippen LogP contribution in [0.1, 0.15) is 6.92 Å². The molecule has 0 bridgehead atoms. The van der Waals surface area contributed by atoms with E-state index >= 15 is 0 Å². The Kier molecular flexibility index (Phi) is 3.55. The van der Waals surface area contributed by atoms with Crippen molar-refractivity contribution >= 4 is 11.6 Å². The molecule has 0 N–H and O–H groups in total. The van der Waals surface area contributed by atoms with Crippen LogP contribution in [0.5, 0.6) is 0 Å². The molecule has 0 spiro atoms. The van der Waals surface area contributed by atoms with E-state index in [1.165, 1.54) is 0 Å². The van der Waals surface area contributed by atoms with Crippen LogP contribution < -0.4 is 4.90 Å². The molecule has 0 atom stereocenters. The van der Waals surface area contributed by atoms with Crippen molar-refractivity contribution in [1.29, 1.82) is 0 Å². The molecule has 1 aromatic carbocycles. The van der Waals surface area contributed by atoms with Crippen LogP contribution in [0.3, 0.4) is 0 Å². The normalized spacial score (nSPS) is 10.2. The topological polar surface area (TPSA) is 38.1 Å². The molecule has 1 amide bonds. The van der Waals surface area contributed by atoms with Crippen LogP contribution in [0.4, 0.5) is 5.69 Å². The van der Waals surface area contributed by atoms with Crippen molar-refractivity contribution in [2.24, 2.45) is 0 Å². The van der Waals surface area contributed by atoms with Gasteiger partial charge in [0.1, 0.15) is 6.54 Å². The van der Waals surface area contributed by atoms with Gasteiger partial charge >= 0.3 is 0 Å². The van der Waals surface area contributed by atoms with Gasteiger partial charge in [0.2, 0.25) is 5.91 Å². The summed E-state index contributed by atoms with van der Waals surface area (Å²) in [7, 11) is 0. The molecule has 88 valence electrons. The fraction of sp³-hybridized carbons (Fsp3) is 0.231. The second kappa shape index (κ2) is 5.30. The summed E-state index contributed by atoms with van der Waals surface area (Å²) in [5.74, 6) is 0.0439. The molecule has 17 heavy (non-hydrogen) atoms. The third kappa shape index (κ3) is 2.72. The molecule has 0 fully saturated rings. The Bertz CT molecular complexity index is 465. The lowest BCUT2D eigenvalue weighted by atomic mass is 10.3. The first-order valence-corrected chi connectivity index (χ1v) is 5.64. The molecule has 0 saturated carbocycles. The fourth-order valence-electron chi connectivity index (χ4n) is 1.73. The summed E-state index contributed by atoms with van der Waals surface area (Å²) in [5.41, 5.74) is 0.923. The van der Waals surface area contributed by atoms with Crippen LogP contribution in [-0.4, -0.2) is 22.2 Å². The largest absolute Gasteiger partial charge is 0.311 e. The number of nitrogens with zero attached hydrogens (tertiary/aromatic N) is 3. The first-order valence-electron chi connectivity index (χ1n) is 5.64. The van der Waals surface area contributed by atoms with Gasteiger partial charge in [0.15, 0.2) is 0 Å². The van der Waals surface area contributed by atoms with E-state index in [0.29, 0.717) is 6.54 Å². The van der Waals surface area contributed by atoms with Crippen LogP contribution in [0.2, 0.25) is 0 Å². The molecule has 4 heteroatoms. The quantitative estimate of drug-likeness (QED) is 0.803. The number of hydrogen-bond acceptors (Lipinski definition) is 2. The Balaban J connectivity index is 2.11. The standard InChI is InChI=1S/C13H15N3O/c1-2-16(12-7-4-3-5-8-12)13(17)11-15-10-6-9-14-15/h3-10H,2,11H2,1H3. The van der Waals surface area contributed by atoms with Gasteiger partial charge in [0.05, 0.1) is 0 Å². The minimum absolute atomic E-state index is 0.0439. The van der Waals surface area contributed by atoms with E-state index in [0.717, 1.165) is 5.69 Å². The maximum absolute atomic E-state index is 12.1. The van der Waals surface area contributed by atoms with Crippen molar-refractivity contribution in [2.75, 3.05) is 11.4 Å². The summed E-state index contributed by atoms with van der Waals surface area (Å²) in [5, 5.41) is 4.04. The molecule has 0 saturated heterocycles. The maximum Gasteiger partial charge on any atom is 0.248 e. The van der Waals surface area contributed by atoms with Crippen molar-refractivity contribution in [3.63, 3.8) is 0 Å². The monoisotopic (exact) mass is 229 g/mol. The highest BCUT2D eigenvalue weighted by atomic mass is 16.2. The number of carbonyl (C=O) groups excluding carboxylic acids is 1. The van der Waals surface area contributed by atoms with Crippen molar-refractivity contribution in [2.45, 2.75) is 13.5 Å². The molecule has 0 radical (unpaired) electrons. The Hall–Kier alpha value is -2.10. The number of para-hydroxylation sites is 1. The summed E-state index contributed by atoms with van der Waals surface area (Å²) >= 11 is 0. The van der Waals surface area contributed by atoms with Crippen molar-refractivity contribution in [3.05, 3.63) is 48.8 Å². The number of aromatic nitrogens is 2. The molecule has 1 aromatic heterocycles. The number of rotatable bonds is 4. The smallest absolute Gasteiger partial charge is 0.248 e. The summed E-state index contributed by atoms with van der Waals surface area (Å²) in [6.07, 6.45) is 3.46. The molecular weight excluding hydrogens is 214 g/mol. The van der Waals surface area contributed by atoms with Gasteiger partial charge in [-0.2, -0.15) is 5.10 Å². The van der Waals surface area contributed by atoms with Crippen molar-refractivity contribution < 1.29 is 4.79 Å². The highest BCUT2D eigenvalue weighted by Crippen LogP contribution is 2.13. The minimum atomic E-state index is 0.0439. The van der Waals surface area contributed by atoms with Gasteiger partial charge < -0.3 is 4.90 Å². The molecule has 0 aliphatic carbocycles. The Labute approximate surface area is 100 Å². The third-order valence-electron chi connectivity index (χ3n) is 2.54. The first kappa shape index (κ1) is 11.4. The molecule has 4 nitrogen and oxygen atoms in total. The molecule has 0 aliphatic rings. The number of hydrogen-bond donors (Lipinski definition) is 0. The minimum Gasteiger partial charge on any atom is -0.311 e. The lowest BCUT2D eigenvalue weighted by molar-refractivity contribution is -0.119. The predicted octanol–water partition coefficient (Wildman–Crippen LogP) is 1.94. The molecule has 1 heterocycles. The van der Waals surface area contributed by atoms with Crippen LogP contribution in [-0.2, 0) is 11.3 Å². The summed E-state index contributed by atoms with van der Waals surface area (Å²) in [6.45, 7) is 2.90. The molecule has 2 rings (SSSR count). The van der Waals surface area contributed by atoms with Gasteiger partial charge in [-0.3, -0.25) is 9.48 Å². The second-order valence-electron chi connectivity index (χ2n) is 3.68.